The number of rotatable bonds is 2. The van der Waals surface area contributed by atoms with Gasteiger partial charge in [-0.1, -0.05) is 28.9 Å². The molecule has 0 spiro atoms. The smallest absolute Gasteiger partial charge is 0.0782 e. The number of β-amino-alcohol motifs (C(OH)–C–C–N with tert-alkyl or cyclic N) is 1. The molecular formula is C14H20BrNO2. The summed E-state index contributed by atoms with van der Waals surface area (Å²) in [6.07, 6.45) is 0.191. The maximum absolute atomic E-state index is 9.99. The van der Waals surface area contributed by atoms with Crippen molar-refractivity contribution in [3.8, 4) is 0 Å². The Labute approximate surface area is 117 Å². The molecule has 18 heavy (non-hydrogen) atoms. The Hall–Kier alpha value is -0.580. The van der Waals surface area contributed by atoms with Gasteiger partial charge in [0.05, 0.1) is 12.2 Å². The molecular weight excluding hydrogens is 294 g/mol. The van der Waals surface area contributed by atoms with Crippen molar-refractivity contribution < 1.29 is 10.2 Å². The minimum atomic E-state index is -0.496. The highest BCUT2D eigenvalue weighted by Gasteiger charge is 2.26. The summed E-state index contributed by atoms with van der Waals surface area (Å²) in [5.41, 5.74) is 1.94. The van der Waals surface area contributed by atoms with E-state index in [0.717, 1.165) is 28.7 Å². The maximum Gasteiger partial charge on any atom is 0.0782 e. The molecule has 3 atom stereocenters. The standard InChI is InChI=1S/C14H20BrNO2/c1-9-5-6-16(8-14(9)18)13-7-11(15)3-4-12(13)10(2)17/h3-4,7,9-10,14,17-18H,5-6,8H2,1-2H3. The first-order valence-corrected chi connectivity index (χ1v) is 7.19. The highest BCUT2D eigenvalue weighted by atomic mass is 79.9. The second-order valence-corrected chi connectivity index (χ2v) is 6.07. The molecule has 1 aliphatic heterocycles. The fourth-order valence-electron chi connectivity index (χ4n) is 2.41. The van der Waals surface area contributed by atoms with Crippen molar-refractivity contribution in [1.29, 1.82) is 0 Å². The van der Waals surface area contributed by atoms with Crippen molar-refractivity contribution in [2.75, 3.05) is 18.0 Å². The van der Waals surface area contributed by atoms with Crippen LogP contribution in [0.25, 0.3) is 0 Å². The molecule has 4 heteroatoms. The molecule has 2 N–H and O–H groups in total. The van der Waals surface area contributed by atoms with Crippen molar-refractivity contribution >= 4 is 21.6 Å². The number of hydrogen-bond acceptors (Lipinski definition) is 3. The fraction of sp³-hybridized carbons (Fsp3) is 0.571. The van der Waals surface area contributed by atoms with Gasteiger partial charge in [-0.2, -0.15) is 0 Å². The van der Waals surface area contributed by atoms with Crippen LogP contribution >= 0.6 is 15.9 Å². The molecule has 3 unspecified atom stereocenters. The van der Waals surface area contributed by atoms with Gasteiger partial charge in [0, 0.05) is 28.8 Å². The number of aliphatic hydroxyl groups is 2. The summed E-state index contributed by atoms with van der Waals surface area (Å²) < 4.78 is 0.995. The van der Waals surface area contributed by atoms with Gasteiger partial charge in [-0.15, -0.1) is 0 Å². The Kier molecular flexibility index (Phi) is 4.30. The van der Waals surface area contributed by atoms with Gasteiger partial charge in [0.15, 0.2) is 0 Å². The molecule has 1 fully saturated rings. The van der Waals surface area contributed by atoms with Crippen molar-refractivity contribution in [1.82, 2.24) is 0 Å². The highest BCUT2D eigenvalue weighted by Crippen LogP contribution is 2.32. The lowest BCUT2D eigenvalue weighted by Crippen LogP contribution is -2.43. The van der Waals surface area contributed by atoms with Crippen LogP contribution in [0, 0.1) is 5.92 Å². The third-order valence-electron chi connectivity index (χ3n) is 3.70. The third-order valence-corrected chi connectivity index (χ3v) is 4.20. The van der Waals surface area contributed by atoms with Crippen molar-refractivity contribution in [2.45, 2.75) is 32.5 Å². The van der Waals surface area contributed by atoms with Crippen LogP contribution in [0.3, 0.4) is 0 Å². The number of aliphatic hydroxyl groups excluding tert-OH is 2. The van der Waals surface area contributed by atoms with Crippen molar-refractivity contribution in [3.05, 3.63) is 28.2 Å². The molecule has 1 heterocycles. The van der Waals surface area contributed by atoms with Crippen LogP contribution in [0.1, 0.15) is 31.9 Å². The summed E-state index contributed by atoms with van der Waals surface area (Å²) in [6, 6.07) is 5.90. The molecule has 0 aromatic heterocycles. The zero-order valence-electron chi connectivity index (χ0n) is 10.8. The van der Waals surface area contributed by atoms with Gasteiger partial charge in [-0.05, 0) is 31.4 Å². The highest BCUT2D eigenvalue weighted by molar-refractivity contribution is 9.10. The monoisotopic (exact) mass is 313 g/mol. The molecule has 0 amide bonds. The average Bonchev–Trinajstić information content (AvgIpc) is 2.32. The van der Waals surface area contributed by atoms with E-state index in [-0.39, 0.29) is 6.10 Å². The maximum atomic E-state index is 9.99. The molecule has 100 valence electrons. The average molecular weight is 314 g/mol. The quantitative estimate of drug-likeness (QED) is 0.882. The number of nitrogens with zero attached hydrogens (tertiary/aromatic N) is 1. The van der Waals surface area contributed by atoms with E-state index in [9.17, 15) is 10.2 Å². The predicted molar refractivity (Wildman–Crippen MR) is 76.8 cm³/mol. The van der Waals surface area contributed by atoms with E-state index in [0.29, 0.717) is 12.5 Å². The van der Waals surface area contributed by atoms with E-state index in [1.165, 1.54) is 0 Å². The van der Waals surface area contributed by atoms with Crippen molar-refractivity contribution in [2.24, 2.45) is 5.92 Å². The fourth-order valence-corrected chi connectivity index (χ4v) is 2.76. The van der Waals surface area contributed by atoms with Gasteiger partial charge in [0.2, 0.25) is 0 Å². The Morgan fingerprint density at radius 1 is 1.44 bits per heavy atom. The van der Waals surface area contributed by atoms with Gasteiger partial charge in [0.1, 0.15) is 0 Å². The number of piperidine rings is 1. The number of hydrogen-bond donors (Lipinski definition) is 2. The van der Waals surface area contributed by atoms with Crippen LogP contribution in [-0.2, 0) is 0 Å². The van der Waals surface area contributed by atoms with E-state index >= 15 is 0 Å². The molecule has 0 aliphatic carbocycles. The van der Waals surface area contributed by atoms with Crippen LogP contribution in [0.15, 0.2) is 22.7 Å². The molecule has 0 bridgehead atoms. The zero-order valence-corrected chi connectivity index (χ0v) is 12.4. The lowest BCUT2D eigenvalue weighted by Gasteiger charge is -2.37. The summed E-state index contributed by atoms with van der Waals surface area (Å²) in [5, 5.41) is 19.8. The van der Waals surface area contributed by atoms with E-state index in [1.54, 1.807) is 6.92 Å². The zero-order chi connectivity index (χ0) is 13.3. The first-order chi connectivity index (χ1) is 8.49. The van der Waals surface area contributed by atoms with Crippen molar-refractivity contribution in [3.63, 3.8) is 0 Å². The molecule has 2 rings (SSSR count). The summed E-state index contributed by atoms with van der Waals surface area (Å²) in [6.45, 7) is 5.42. The second-order valence-electron chi connectivity index (χ2n) is 5.16. The Morgan fingerprint density at radius 3 is 2.78 bits per heavy atom. The molecule has 1 aliphatic rings. The van der Waals surface area contributed by atoms with E-state index in [2.05, 4.69) is 27.8 Å². The molecule has 0 saturated carbocycles. The van der Waals surface area contributed by atoms with Crippen LogP contribution in [-0.4, -0.2) is 29.4 Å². The summed E-state index contributed by atoms with van der Waals surface area (Å²) >= 11 is 3.47. The Balaban J connectivity index is 2.29. The van der Waals surface area contributed by atoms with E-state index in [1.807, 2.05) is 18.2 Å². The minimum absolute atomic E-state index is 0.292. The largest absolute Gasteiger partial charge is 0.391 e. The molecule has 1 saturated heterocycles. The molecule has 1 aromatic carbocycles. The number of halogens is 1. The van der Waals surface area contributed by atoms with Crippen LogP contribution in [0.5, 0.6) is 0 Å². The minimum Gasteiger partial charge on any atom is -0.391 e. The summed E-state index contributed by atoms with van der Waals surface area (Å²) in [7, 11) is 0. The van der Waals surface area contributed by atoms with Gasteiger partial charge in [-0.3, -0.25) is 0 Å². The lowest BCUT2D eigenvalue weighted by molar-refractivity contribution is 0.102. The first kappa shape index (κ1) is 13.8. The Morgan fingerprint density at radius 2 is 2.17 bits per heavy atom. The summed E-state index contributed by atoms with van der Waals surface area (Å²) in [5.74, 6) is 0.350. The molecule has 0 radical (unpaired) electrons. The second kappa shape index (κ2) is 5.59. The van der Waals surface area contributed by atoms with Crippen LogP contribution in [0.2, 0.25) is 0 Å². The SMILES string of the molecule is CC(O)c1ccc(Br)cc1N1CCC(C)C(O)C1. The van der Waals surface area contributed by atoms with Crippen LogP contribution in [0.4, 0.5) is 5.69 Å². The summed E-state index contributed by atoms with van der Waals surface area (Å²) in [4.78, 5) is 2.16. The van der Waals surface area contributed by atoms with E-state index < -0.39 is 6.10 Å². The van der Waals surface area contributed by atoms with Gasteiger partial charge >= 0.3 is 0 Å². The Bertz CT molecular complexity index is 422. The first-order valence-electron chi connectivity index (χ1n) is 6.39. The normalized spacial score (nSPS) is 26.2. The molecule has 1 aromatic rings. The van der Waals surface area contributed by atoms with Gasteiger partial charge < -0.3 is 15.1 Å². The molecule has 3 nitrogen and oxygen atoms in total. The topological polar surface area (TPSA) is 43.7 Å². The third kappa shape index (κ3) is 2.87. The van der Waals surface area contributed by atoms with Gasteiger partial charge in [0.25, 0.3) is 0 Å². The van der Waals surface area contributed by atoms with Gasteiger partial charge in [-0.25, -0.2) is 0 Å². The lowest BCUT2D eigenvalue weighted by atomic mass is 9.94. The van der Waals surface area contributed by atoms with Crippen LogP contribution < -0.4 is 4.90 Å². The number of benzene rings is 1. The van der Waals surface area contributed by atoms with E-state index in [4.69, 9.17) is 0 Å². The number of anilines is 1. The predicted octanol–water partition coefficient (Wildman–Crippen LogP) is 2.71.